The second-order valence-corrected chi connectivity index (χ2v) is 6.20. The molecule has 4 heteroatoms. The predicted molar refractivity (Wildman–Crippen MR) is 91.0 cm³/mol. The highest BCUT2D eigenvalue weighted by molar-refractivity contribution is 7.15. The molecule has 0 aliphatic carbocycles. The number of aryl methyl sites for hydroxylation is 1. The average molecular weight is 313 g/mol. The van der Waals surface area contributed by atoms with E-state index in [4.69, 9.17) is 11.6 Å². The maximum Gasteiger partial charge on any atom is 0.209 e. The second kappa shape index (κ2) is 6.20. The first-order chi connectivity index (χ1) is 10.2. The van der Waals surface area contributed by atoms with Crippen molar-refractivity contribution < 1.29 is 0 Å². The van der Waals surface area contributed by atoms with Crippen LogP contribution in [0.4, 0.5) is 5.13 Å². The summed E-state index contributed by atoms with van der Waals surface area (Å²) < 4.78 is 0. The molecule has 0 atom stereocenters. The maximum absolute atomic E-state index is 5.87. The molecule has 21 heavy (non-hydrogen) atoms. The van der Waals surface area contributed by atoms with Gasteiger partial charge >= 0.3 is 0 Å². The summed E-state index contributed by atoms with van der Waals surface area (Å²) in [6.45, 7) is 2.07. The SMILES string of the molecule is Cc1sc(/N=C/c2ccc(Cl)cc2)nc1-c1ccccc1. The first-order valence-electron chi connectivity index (χ1n) is 6.55. The van der Waals surface area contributed by atoms with Crippen molar-refractivity contribution >= 4 is 34.3 Å². The minimum Gasteiger partial charge on any atom is -0.227 e. The number of benzene rings is 2. The van der Waals surface area contributed by atoms with Crippen LogP contribution in [-0.4, -0.2) is 11.2 Å². The number of hydrogen-bond donors (Lipinski definition) is 0. The molecule has 3 aromatic rings. The van der Waals surface area contributed by atoms with Crippen molar-refractivity contribution in [3.63, 3.8) is 0 Å². The summed E-state index contributed by atoms with van der Waals surface area (Å²) in [5, 5.41) is 1.49. The molecule has 0 amide bonds. The fourth-order valence-corrected chi connectivity index (χ4v) is 2.88. The van der Waals surface area contributed by atoms with Crippen LogP contribution in [0.3, 0.4) is 0 Å². The Morgan fingerprint density at radius 1 is 1.05 bits per heavy atom. The van der Waals surface area contributed by atoms with Crippen LogP contribution in [0, 0.1) is 6.92 Å². The molecule has 1 aromatic heterocycles. The molecule has 0 spiro atoms. The van der Waals surface area contributed by atoms with Crippen LogP contribution in [0.15, 0.2) is 59.6 Å². The van der Waals surface area contributed by atoms with Gasteiger partial charge in [0, 0.05) is 21.7 Å². The normalized spacial score (nSPS) is 11.1. The molecule has 3 rings (SSSR count). The fraction of sp³-hybridized carbons (Fsp3) is 0.0588. The number of aliphatic imine (C=N–C) groups is 1. The van der Waals surface area contributed by atoms with E-state index in [2.05, 4.69) is 29.0 Å². The van der Waals surface area contributed by atoms with Gasteiger partial charge in [-0.15, -0.1) is 0 Å². The van der Waals surface area contributed by atoms with Gasteiger partial charge in [0.1, 0.15) is 0 Å². The molecule has 0 saturated heterocycles. The van der Waals surface area contributed by atoms with Gasteiger partial charge in [0.2, 0.25) is 5.13 Å². The molecule has 2 nitrogen and oxygen atoms in total. The van der Waals surface area contributed by atoms with E-state index < -0.39 is 0 Å². The van der Waals surface area contributed by atoms with E-state index in [1.165, 1.54) is 4.88 Å². The third-order valence-corrected chi connectivity index (χ3v) is 4.16. The second-order valence-electron chi connectivity index (χ2n) is 4.58. The van der Waals surface area contributed by atoms with E-state index >= 15 is 0 Å². The highest BCUT2D eigenvalue weighted by Crippen LogP contribution is 2.31. The standard InChI is InChI=1S/C17H13ClN2S/c1-12-16(14-5-3-2-4-6-14)20-17(21-12)19-11-13-7-9-15(18)10-8-13/h2-11H,1H3/b19-11+. The Balaban J connectivity index is 1.86. The largest absolute Gasteiger partial charge is 0.227 e. The van der Waals surface area contributed by atoms with Crippen molar-refractivity contribution in [3.8, 4) is 11.3 Å². The number of rotatable bonds is 3. The molecule has 1 heterocycles. The Kier molecular flexibility index (Phi) is 4.13. The van der Waals surface area contributed by atoms with Crippen molar-refractivity contribution in [1.29, 1.82) is 0 Å². The lowest BCUT2D eigenvalue weighted by Crippen LogP contribution is -1.80. The van der Waals surface area contributed by atoms with Gasteiger partial charge in [-0.05, 0) is 24.6 Å². The topological polar surface area (TPSA) is 25.2 Å². The molecule has 0 saturated carbocycles. The summed E-state index contributed by atoms with van der Waals surface area (Å²) in [6.07, 6.45) is 1.81. The number of nitrogens with zero attached hydrogens (tertiary/aromatic N) is 2. The van der Waals surface area contributed by atoms with Crippen molar-refractivity contribution in [2.45, 2.75) is 6.92 Å². The van der Waals surface area contributed by atoms with Crippen LogP contribution in [0.25, 0.3) is 11.3 Å². The fourth-order valence-electron chi connectivity index (χ4n) is 1.98. The van der Waals surface area contributed by atoms with Gasteiger partial charge in [0.15, 0.2) is 0 Å². The minimum absolute atomic E-state index is 0.726. The monoisotopic (exact) mass is 312 g/mol. The zero-order valence-corrected chi connectivity index (χ0v) is 13.0. The lowest BCUT2D eigenvalue weighted by Gasteiger charge is -1.96. The number of hydrogen-bond acceptors (Lipinski definition) is 3. The number of aromatic nitrogens is 1. The summed E-state index contributed by atoms with van der Waals surface area (Å²) in [4.78, 5) is 10.2. The first-order valence-corrected chi connectivity index (χ1v) is 7.74. The molecular weight excluding hydrogens is 300 g/mol. The highest BCUT2D eigenvalue weighted by Gasteiger charge is 2.08. The van der Waals surface area contributed by atoms with Gasteiger partial charge in [-0.25, -0.2) is 9.98 Å². The Bertz CT molecular complexity index is 761. The summed E-state index contributed by atoms with van der Waals surface area (Å²) in [5.41, 5.74) is 3.14. The van der Waals surface area contributed by atoms with Gasteiger partial charge in [0.25, 0.3) is 0 Å². The smallest absolute Gasteiger partial charge is 0.209 e. The van der Waals surface area contributed by atoms with E-state index in [0.29, 0.717) is 0 Å². The Hall–Kier alpha value is -1.97. The molecule has 0 unspecified atom stereocenters. The first kappa shape index (κ1) is 14.0. The highest BCUT2D eigenvalue weighted by atomic mass is 35.5. The van der Waals surface area contributed by atoms with Crippen molar-refractivity contribution in [2.24, 2.45) is 4.99 Å². The van der Waals surface area contributed by atoms with Crippen LogP contribution in [-0.2, 0) is 0 Å². The van der Waals surface area contributed by atoms with Crippen LogP contribution in [0.5, 0.6) is 0 Å². The maximum atomic E-state index is 5.87. The predicted octanol–water partition coefficient (Wildman–Crippen LogP) is 5.52. The number of halogens is 1. The minimum atomic E-state index is 0.726. The van der Waals surface area contributed by atoms with E-state index in [0.717, 1.165) is 27.0 Å². The summed E-state index contributed by atoms with van der Waals surface area (Å²) >= 11 is 7.46. The summed E-state index contributed by atoms with van der Waals surface area (Å²) in [5.74, 6) is 0. The Morgan fingerprint density at radius 2 is 1.76 bits per heavy atom. The average Bonchev–Trinajstić information content (AvgIpc) is 2.89. The van der Waals surface area contributed by atoms with Crippen LogP contribution in [0.2, 0.25) is 5.02 Å². The van der Waals surface area contributed by atoms with Gasteiger partial charge in [-0.3, -0.25) is 0 Å². The summed E-state index contributed by atoms with van der Waals surface area (Å²) in [6, 6.07) is 17.7. The molecule has 0 aliphatic heterocycles. The van der Waals surface area contributed by atoms with Crippen LogP contribution >= 0.6 is 22.9 Å². The molecule has 0 N–H and O–H groups in total. The van der Waals surface area contributed by atoms with E-state index in [9.17, 15) is 0 Å². The quantitative estimate of drug-likeness (QED) is 0.584. The van der Waals surface area contributed by atoms with E-state index in [-0.39, 0.29) is 0 Å². The van der Waals surface area contributed by atoms with E-state index in [1.807, 2.05) is 48.7 Å². The van der Waals surface area contributed by atoms with Gasteiger partial charge in [-0.1, -0.05) is 65.4 Å². The third kappa shape index (κ3) is 3.38. The molecule has 0 bridgehead atoms. The van der Waals surface area contributed by atoms with Crippen molar-refractivity contribution in [1.82, 2.24) is 4.98 Å². The van der Waals surface area contributed by atoms with Crippen molar-refractivity contribution in [2.75, 3.05) is 0 Å². The van der Waals surface area contributed by atoms with Gasteiger partial charge in [0.05, 0.1) is 5.69 Å². The molecular formula is C17H13ClN2S. The molecule has 2 aromatic carbocycles. The van der Waals surface area contributed by atoms with Crippen LogP contribution in [0.1, 0.15) is 10.4 Å². The van der Waals surface area contributed by atoms with Gasteiger partial charge in [-0.2, -0.15) is 0 Å². The summed E-state index contributed by atoms with van der Waals surface area (Å²) in [7, 11) is 0. The van der Waals surface area contributed by atoms with Crippen molar-refractivity contribution in [3.05, 3.63) is 70.1 Å². The van der Waals surface area contributed by atoms with E-state index in [1.54, 1.807) is 11.3 Å². The molecule has 104 valence electrons. The Morgan fingerprint density at radius 3 is 2.48 bits per heavy atom. The zero-order chi connectivity index (χ0) is 14.7. The molecule has 0 aliphatic rings. The lowest BCUT2D eigenvalue weighted by atomic mass is 10.1. The zero-order valence-electron chi connectivity index (χ0n) is 11.5. The Labute approximate surface area is 132 Å². The van der Waals surface area contributed by atoms with Crippen LogP contribution < -0.4 is 0 Å². The number of thiazole rings is 1. The molecule has 0 fully saturated rings. The lowest BCUT2D eigenvalue weighted by molar-refractivity contribution is 1.34. The molecule has 0 radical (unpaired) electrons. The van der Waals surface area contributed by atoms with Gasteiger partial charge < -0.3 is 0 Å². The third-order valence-electron chi connectivity index (χ3n) is 3.03.